The Labute approximate surface area is 229 Å². The molecule has 0 saturated carbocycles. The van der Waals surface area contributed by atoms with Crippen LogP contribution in [0.3, 0.4) is 0 Å². The van der Waals surface area contributed by atoms with Gasteiger partial charge in [-0.05, 0) is 25.7 Å². The van der Waals surface area contributed by atoms with Crippen molar-refractivity contribution in [2.75, 3.05) is 11.5 Å². The van der Waals surface area contributed by atoms with Crippen molar-refractivity contribution in [3.05, 3.63) is 0 Å². The van der Waals surface area contributed by atoms with Crippen LogP contribution in [0.1, 0.15) is 38.5 Å². The van der Waals surface area contributed by atoms with Crippen LogP contribution in [0.5, 0.6) is 0 Å². The van der Waals surface area contributed by atoms with Crippen LogP contribution in [0, 0.1) is 0 Å². The summed E-state index contributed by atoms with van der Waals surface area (Å²) in [5.41, 5.74) is 0. The summed E-state index contributed by atoms with van der Waals surface area (Å²) in [6.45, 7) is 0. The standard InChI is InChI=1S/C10H22O12S6.2Na/c11-25(12,13)7-3-1-5-9(27(17,18)19)23-24-10(28(20,21)22)6-2-4-8-26(14,15)16;;/h9-10H,1-8H2,(H,11,12,13)(H,14,15,16)(H,17,18,19)(H,20,21,22);;/q;2*+1/p-2. The van der Waals surface area contributed by atoms with Crippen molar-refractivity contribution in [3.63, 3.8) is 0 Å². The maximum absolute atomic E-state index is 11.4. The van der Waals surface area contributed by atoms with Gasteiger partial charge in [0.25, 0.3) is 20.2 Å². The second kappa shape index (κ2) is 16.1. The molecule has 0 aliphatic heterocycles. The molecular weight excluding hydrogens is 550 g/mol. The molecule has 12 nitrogen and oxygen atoms in total. The van der Waals surface area contributed by atoms with Crippen LogP contribution in [-0.4, -0.2) is 72.6 Å². The third kappa shape index (κ3) is 20.9. The Morgan fingerprint density at radius 3 is 1.43 bits per heavy atom. The topological polar surface area (TPSA) is 223 Å². The SMILES string of the molecule is O=S(=O)([O-])CCCCC(SSC(CCCCS(=O)(=O)O)S(=O)(=O)O)S(=O)(=O)[O-].[Na+].[Na+]. The Bertz CT molecular complexity index is 823. The minimum atomic E-state index is -4.89. The maximum atomic E-state index is 11.4. The Hall–Kier alpha value is 2.34. The fourth-order valence-corrected chi connectivity index (χ4v) is 9.30. The first-order chi connectivity index (χ1) is 12.4. The predicted octanol–water partition coefficient (Wildman–Crippen LogP) is -5.77. The Kier molecular flexibility index (Phi) is 19.8. The van der Waals surface area contributed by atoms with Crippen molar-refractivity contribution in [1.29, 1.82) is 0 Å². The van der Waals surface area contributed by atoms with Gasteiger partial charge in [-0.1, -0.05) is 34.4 Å². The molecular formula is C10H20Na2O12S6. The molecule has 0 aliphatic carbocycles. The summed E-state index contributed by atoms with van der Waals surface area (Å²) < 4.78 is 124. The third-order valence-corrected chi connectivity index (χ3v) is 12.0. The molecule has 0 fully saturated rings. The summed E-state index contributed by atoms with van der Waals surface area (Å²) in [4.78, 5) is 0. The van der Waals surface area contributed by atoms with E-state index in [1.54, 1.807) is 0 Å². The molecule has 0 bridgehead atoms. The molecule has 0 aliphatic rings. The van der Waals surface area contributed by atoms with Gasteiger partial charge in [-0.15, -0.1) is 0 Å². The van der Waals surface area contributed by atoms with Gasteiger partial charge in [0.2, 0.25) is 0 Å². The van der Waals surface area contributed by atoms with E-state index < -0.39 is 61.1 Å². The smallest absolute Gasteiger partial charge is 0.748 e. The second-order valence-electron chi connectivity index (χ2n) is 5.60. The van der Waals surface area contributed by atoms with Crippen molar-refractivity contribution in [1.82, 2.24) is 0 Å². The van der Waals surface area contributed by atoms with E-state index in [1.807, 2.05) is 0 Å². The van der Waals surface area contributed by atoms with Crippen LogP contribution >= 0.6 is 21.6 Å². The summed E-state index contributed by atoms with van der Waals surface area (Å²) in [6, 6.07) is 0. The van der Waals surface area contributed by atoms with Gasteiger partial charge in [0.15, 0.2) is 0 Å². The number of unbranched alkanes of at least 4 members (excludes halogenated alkanes) is 2. The van der Waals surface area contributed by atoms with E-state index in [4.69, 9.17) is 4.55 Å². The first kappa shape index (κ1) is 36.9. The van der Waals surface area contributed by atoms with E-state index in [2.05, 4.69) is 0 Å². The Morgan fingerprint density at radius 1 is 0.667 bits per heavy atom. The van der Waals surface area contributed by atoms with Crippen LogP contribution in [-0.2, 0) is 40.5 Å². The second-order valence-corrected chi connectivity index (χ2v) is 15.1. The molecule has 2 atom stereocenters. The first-order valence-electron chi connectivity index (χ1n) is 7.54. The molecule has 0 aromatic carbocycles. The van der Waals surface area contributed by atoms with Crippen LogP contribution in [0.2, 0.25) is 0 Å². The van der Waals surface area contributed by atoms with Crippen molar-refractivity contribution in [2.24, 2.45) is 0 Å². The Balaban J connectivity index is -0.00000364. The largest absolute Gasteiger partial charge is 1.00 e. The van der Waals surface area contributed by atoms with Crippen molar-refractivity contribution in [2.45, 2.75) is 47.7 Å². The average molecular weight is 571 g/mol. The monoisotopic (exact) mass is 570 g/mol. The van der Waals surface area contributed by atoms with Crippen LogP contribution < -0.4 is 59.1 Å². The van der Waals surface area contributed by atoms with Crippen molar-refractivity contribution >= 4 is 62.1 Å². The molecule has 0 spiro atoms. The normalized spacial score (nSPS) is 14.9. The number of hydrogen-bond donors (Lipinski definition) is 2. The van der Waals surface area contributed by atoms with E-state index in [-0.39, 0.29) is 97.6 Å². The zero-order valence-corrected chi connectivity index (χ0v) is 25.1. The van der Waals surface area contributed by atoms with E-state index in [0.29, 0.717) is 21.6 Å². The third-order valence-electron chi connectivity index (χ3n) is 3.10. The van der Waals surface area contributed by atoms with Gasteiger partial charge >= 0.3 is 59.1 Å². The van der Waals surface area contributed by atoms with Gasteiger partial charge in [-0.25, -0.2) is 16.8 Å². The molecule has 30 heavy (non-hydrogen) atoms. The van der Waals surface area contributed by atoms with E-state index >= 15 is 0 Å². The molecule has 2 N–H and O–H groups in total. The van der Waals surface area contributed by atoms with Gasteiger partial charge in [0, 0.05) is 5.75 Å². The van der Waals surface area contributed by atoms with E-state index in [0.717, 1.165) is 0 Å². The summed E-state index contributed by atoms with van der Waals surface area (Å²) >= 11 is 0. The van der Waals surface area contributed by atoms with Crippen molar-refractivity contribution in [3.8, 4) is 0 Å². The molecule has 20 heteroatoms. The average Bonchev–Trinajstić information content (AvgIpc) is 2.43. The van der Waals surface area contributed by atoms with Gasteiger partial charge < -0.3 is 9.11 Å². The van der Waals surface area contributed by atoms with Gasteiger partial charge in [-0.3, -0.25) is 9.11 Å². The Morgan fingerprint density at radius 2 is 1.07 bits per heavy atom. The molecule has 0 radical (unpaired) electrons. The van der Waals surface area contributed by atoms with E-state index in [1.165, 1.54) is 0 Å². The van der Waals surface area contributed by atoms with Crippen molar-refractivity contribution < 1.29 is 111 Å². The molecule has 0 amide bonds. The van der Waals surface area contributed by atoms with Gasteiger partial charge in [-0.2, -0.15) is 16.8 Å². The van der Waals surface area contributed by atoms with Gasteiger partial charge in [0.1, 0.15) is 19.3 Å². The molecule has 0 rings (SSSR count). The fraction of sp³-hybridized carbons (Fsp3) is 1.00. The summed E-state index contributed by atoms with van der Waals surface area (Å²) in [5.74, 6) is -1.36. The predicted molar refractivity (Wildman–Crippen MR) is 103 cm³/mol. The minimum absolute atomic E-state index is 0. The molecule has 170 valence electrons. The summed E-state index contributed by atoms with van der Waals surface area (Å²) in [5, 5.41) is 0. The molecule has 0 heterocycles. The minimum Gasteiger partial charge on any atom is -0.748 e. The summed E-state index contributed by atoms with van der Waals surface area (Å²) in [7, 11) is -17.5. The quantitative estimate of drug-likeness (QED) is 0.0810. The fourth-order valence-electron chi connectivity index (χ4n) is 1.80. The molecule has 0 aromatic rings. The van der Waals surface area contributed by atoms with Crippen LogP contribution in [0.15, 0.2) is 0 Å². The van der Waals surface area contributed by atoms with E-state index in [9.17, 15) is 47.3 Å². The first-order valence-corrected chi connectivity index (χ1v) is 16.0. The molecule has 2 unspecified atom stereocenters. The molecule has 0 aromatic heterocycles. The van der Waals surface area contributed by atoms with Crippen LogP contribution in [0.4, 0.5) is 0 Å². The zero-order valence-electron chi connectivity index (χ0n) is 16.2. The zero-order chi connectivity index (χ0) is 22.2. The number of hydrogen-bond acceptors (Lipinski definition) is 12. The molecule has 0 saturated heterocycles. The summed E-state index contributed by atoms with van der Waals surface area (Å²) in [6.07, 6.45) is -1.02. The maximum Gasteiger partial charge on any atom is 1.00 e. The van der Waals surface area contributed by atoms with Gasteiger partial charge in [0.05, 0.1) is 15.9 Å². The number of rotatable bonds is 15. The van der Waals surface area contributed by atoms with Crippen LogP contribution in [0.25, 0.3) is 0 Å².